The molecular formula is C17H34IN3O2. The monoisotopic (exact) mass is 439 g/mol. The van der Waals surface area contributed by atoms with Gasteiger partial charge in [-0.15, -0.1) is 24.0 Å². The summed E-state index contributed by atoms with van der Waals surface area (Å²) >= 11 is 0. The normalized spacial score (nSPS) is 24.5. The highest BCUT2D eigenvalue weighted by Crippen LogP contribution is 2.38. The quantitative estimate of drug-likeness (QED) is 0.287. The van der Waals surface area contributed by atoms with E-state index in [2.05, 4.69) is 31.0 Å². The minimum absolute atomic E-state index is 0. The Balaban J connectivity index is 0.00000264. The van der Waals surface area contributed by atoms with E-state index in [9.17, 15) is 0 Å². The Morgan fingerprint density at radius 2 is 2.22 bits per heavy atom. The molecule has 0 saturated carbocycles. The van der Waals surface area contributed by atoms with Crippen LogP contribution in [0.5, 0.6) is 0 Å². The highest BCUT2D eigenvalue weighted by atomic mass is 127. The predicted octanol–water partition coefficient (Wildman–Crippen LogP) is 2.75. The zero-order chi connectivity index (χ0) is 15.8. The van der Waals surface area contributed by atoms with Gasteiger partial charge < -0.3 is 19.7 Å². The number of halogens is 1. The molecule has 136 valence electrons. The first kappa shape index (κ1) is 21.0. The topological polar surface area (TPSA) is 46.1 Å². The van der Waals surface area contributed by atoms with Gasteiger partial charge in [0.05, 0.1) is 6.61 Å². The highest BCUT2D eigenvalue weighted by Gasteiger charge is 2.42. The van der Waals surface area contributed by atoms with E-state index in [0.717, 1.165) is 65.0 Å². The molecule has 0 aromatic carbocycles. The number of aliphatic imine (C=N–C) groups is 1. The molecule has 2 saturated heterocycles. The van der Waals surface area contributed by atoms with Gasteiger partial charge in [-0.25, -0.2) is 0 Å². The number of rotatable bonds is 7. The Labute approximate surface area is 158 Å². The van der Waals surface area contributed by atoms with Crippen LogP contribution in [0.4, 0.5) is 0 Å². The first-order chi connectivity index (χ1) is 10.7. The lowest BCUT2D eigenvalue weighted by atomic mass is 9.87. The van der Waals surface area contributed by atoms with Gasteiger partial charge in [0.2, 0.25) is 0 Å². The second kappa shape index (κ2) is 10.7. The fraction of sp³-hybridized carbons (Fsp3) is 0.941. The molecule has 0 aliphatic carbocycles. The van der Waals surface area contributed by atoms with Crippen LogP contribution in [-0.2, 0) is 9.47 Å². The third-order valence-electron chi connectivity index (χ3n) is 4.42. The predicted molar refractivity (Wildman–Crippen MR) is 106 cm³/mol. The van der Waals surface area contributed by atoms with Crippen LogP contribution in [0.3, 0.4) is 0 Å². The summed E-state index contributed by atoms with van der Waals surface area (Å²) in [6.07, 6.45) is 3.42. The van der Waals surface area contributed by atoms with E-state index in [4.69, 9.17) is 14.5 Å². The summed E-state index contributed by atoms with van der Waals surface area (Å²) in [7, 11) is 0. The van der Waals surface area contributed by atoms with Crippen LogP contribution in [0.2, 0.25) is 0 Å². The van der Waals surface area contributed by atoms with E-state index in [0.29, 0.717) is 11.3 Å². The minimum atomic E-state index is 0. The maximum absolute atomic E-state index is 5.62. The summed E-state index contributed by atoms with van der Waals surface area (Å²) in [5.74, 6) is 1.67. The summed E-state index contributed by atoms with van der Waals surface area (Å²) in [5.41, 5.74) is 0.385. The number of ether oxygens (including phenoxy) is 2. The van der Waals surface area contributed by atoms with Crippen LogP contribution in [-0.4, -0.2) is 63.5 Å². The van der Waals surface area contributed by atoms with Crippen molar-refractivity contribution in [3.8, 4) is 0 Å². The Bertz CT molecular complexity index is 358. The van der Waals surface area contributed by atoms with Gasteiger partial charge >= 0.3 is 0 Å². The lowest BCUT2D eigenvalue weighted by molar-refractivity contribution is 0.109. The average Bonchev–Trinajstić information content (AvgIpc) is 3.12. The SMILES string of the molecule is CCNC(=NCCCOCC(C)C)N1CCC2(CCOC2)C1.I. The number of nitrogens with zero attached hydrogens (tertiary/aromatic N) is 2. The van der Waals surface area contributed by atoms with E-state index in [1.54, 1.807) is 0 Å². The zero-order valence-electron chi connectivity index (χ0n) is 15.0. The first-order valence-electron chi connectivity index (χ1n) is 8.84. The standard InChI is InChI=1S/C17H33N3O2.HI/c1-4-18-16(19-8-5-10-21-12-15(2)3)20-9-6-17(13-20)7-11-22-14-17;/h15H,4-14H2,1-3H3,(H,18,19);1H. The summed E-state index contributed by atoms with van der Waals surface area (Å²) in [5, 5.41) is 3.43. The number of likely N-dealkylation sites (tertiary alicyclic amines) is 1. The van der Waals surface area contributed by atoms with Crippen LogP contribution < -0.4 is 5.32 Å². The van der Waals surface area contributed by atoms with Crippen molar-refractivity contribution in [2.45, 2.75) is 40.0 Å². The summed E-state index contributed by atoms with van der Waals surface area (Å²) in [6.45, 7) is 13.9. The van der Waals surface area contributed by atoms with Crippen molar-refractivity contribution in [2.75, 3.05) is 52.6 Å². The smallest absolute Gasteiger partial charge is 0.193 e. The number of hydrogen-bond donors (Lipinski definition) is 1. The molecule has 23 heavy (non-hydrogen) atoms. The summed E-state index contributed by atoms with van der Waals surface area (Å²) in [6, 6.07) is 0. The van der Waals surface area contributed by atoms with Gasteiger partial charge in [-0.05, 0) is 32.1 Å². The molecule has 2 heterocycles. The molecule has 2 fully saturated rings. The maximum atomic E-state index is 5.62. The van der Waals surface area contributed by atoms with Gasteiger partial charge in [-0.3, -0.25) is 4.99 Å². The van der Waals surface area contributed by atoms with E-state index >= 15 is 0 Å². The molecule has 1 spiro atoms. The van der Waals surface area contributed by atoms with Crippen LogP contribution >= 0.6 is 24.0 Å². The van der Waals surface area contributed by atoms with Crippen molar-refractivity contribution in [2.24, 2.45) is 16.3 Å². The van der Waals surface area contributed by atoms with E-state index in [1.807, 2.05) is 0 Å². The lowest BCUT2D eigenvalue weighted by Gasteiger charge is -2.25. The molecule has 0 amide bonds. The molecule has 0 radical (unpaired) electrons. The molecular weight excluding hydrogens is 405 g/mol. The van der Waals surface area contributed by atoms with Crippen LogP contribution in [0.1, 0.15) is 40.0 Å². The van der Waals surface area contributed by atoms with Crippen molar-refractivity contribution in [1.82, 2.24) is 10.2 Å². The molecule has 0 aromatic heterocycles. The zero-order valence-corrected chi connectivity index (χ0v) is 17.3. The Morgan fingerprint density at radius 1 is 1.39 bits per heavy atom. The second-order valence-electron chi connectivity index (χ2n) is 7.03. The number of guanidine groups is 1. The average molecular weight is 439 g/mol. The molecule has 2 rings (SSSR count). The van der Waals surface area contributed by atoms with E-state index in [-0.39, 0.29) is 24.0 Å². The molecule has 1 N–H and O–H groups in total. The summed E-state index contributed by atoms with van der Waals surface area (Å²) in [4.78, 5) is 7.19. The van der Waals surface area contributed by atoms with Gasteiger partial charge in [-0.1, -0.05) is 13.8 Å². The first-order valence-corrected chi connectivity index (χ1v) is 8.84. The van der Waals surface area contributed by atoms with Crippen LogP contribution in [0.15, 0.2) is 4.99 Å². The van der Waals surface area contributed by atoms with Crippen molar-refractivity contribution in [3.05, 3.63) is 0 Å². The third-order valence-corrected chi connectivity index (χ3v) is 4.42. The van der Waals surface area contributed by atoms with Gasteiger partial charge in [0.15, 0.2) is 5.96 Å². The fourth-order valence-electron chi connectivity index (χ4n) is 3.18. The molecule has 0 bridgehead atoms. The van der Waals surface area contributed by atoms with Crippen molar-refractivity contribution in [3.63, 3.8) is 0 Å². The molecule has 2 aliphatic heterocycles. The molecule has 0 aromatic rings. The van der Waals surface area contributed by atoms with Crippen molar-refractivity contribution >= 4 is 29.9 Å². The van der Waals surface area contributed by atoms with Crippen LogP contribution in [0.25, 0.3) is 0 Å². The van der Waals surface area contributed by atoms with E-state index in [1.165, 1.54) is 12.8 Å². The van der Waals surface area contributed by atoms with Crippen molar-refractivity contribution < 1.29 is 9.47 Å². The molecule has 1 unspecified atom stereocenters. The fourth-order valence-corrected chi connectivity index (χ4v) is 3.18. The maximum Gasteiger partial charge on any atom is 0.193 e. The Kier molecular flexibility index (Phi) is 9.77. The lowest BCUT2D eigenvalue weighted by Crippen LogP contribution is -2.41. The minimum Gasteiger partial charge on any atom is -0.381 e. The van der Waals surface area contributed by atoms with Crippen LogP contribution in [0, 0.1) is 11.3 Å². The highest BCUT2D eigenvalue weighted by molar-refractivity contribution is 14.0. The van der Waals surface area contributed by atoms with Gasteiger partial charge in [0.1, 0.15) is 0 Å². The largest absolute Gasteiger partial charge is 0.381 e. The third kappa shape index (κ3) is 6.74. The molecule has 1 atom stereocenters. The Hall–Kier alpha value is -0.0800. The van der Waals surface area contributed by atoms with Gasteiger partial charge in [0, 0.05) is 51.4 Å². The molecule has 6 heteroatoms. The molecule has 2 aliphatic rings. The Morgan fingerprint density at radius 3 is 2.87 bits per heavy atom. The number of hydrogen-bond acceptors (Lipinski definition) is 3. The van der Waals surface area contributed by atoms with Crippen molar-refractivity contribution in [1.29, 1.82) is 0 Å². The van der Waals surface area contributed by atoms with E-state index < -0.39 is 0 Å². The van der Waals surface area contributed by atoms with Gasteiger partial charge in [0.25, 0.3) is 0 Å². The second-order valence-corrected chi connectivity index (χ2v) is 7.03. The molecule has 5 nitrogen and oxygen atoms in total. The summed E-state index contributed by atoms with van der Waals surface area (Å²) < 4.78 is 11.2. The van der Waals surface area contributed by atoms with Gasteiger partial charge in [-0.2, -0.15) is 0 Å². The number of nitrogens with one attached hydrogen (secondary N) is 1.